The van der Waals surface area contributed by atoms with E-state index in [2.05, 4.69) is 20.1 Å². The van der Waals surface area contributed by atoms with E-state index in [0.717, 1.165) is 55.4 Å². The molecule has 3 heterocycles. The highest BCUT2D eigenvalue weighted by Crippen LogP contribution is 2.39. The van der Waals surface area contributed by atoms with Crippen LogP contribution in [-0.4, -0.2) is 28.1 Å². The minimum Gasteiger partial charge on any atom is -0.454 e. The number of benzene rings is 1. The van der Waals surface area contributed by atoms with E-state index in [4.69, 9.17) is 21.1 Å². The predicted molar refractivity (Wildman–Crippen MR) is 85.9 cm³/mol. The molecule has 2 aliphatic rings. The Kier molecular flexibility index (Phi) is 3.87. The van der Waals surface area contributed by atoms with Crippen LogP contribution in [0.3, 0.4) is 0 Å². The summed E-state index contributed by atoms with van der Waals surface area (Å²) in [6, 6.07) is 3.93. The van der Waals surface area contributed by atoms with E-state index in [-0.39, 0.29) is 6.79 Å². The first kappa shape index (κ1) is 14.8. The largest absolute Gasteiger partial charge is 0.454 e. The van der Waals surface area contributed by atoms with Crippen molar-refractivity contribution < 1.29 is 9.47 Å². The van der Waals surface area contributed by atoms with Gasteiger partial charge < -0.3 is 19.4 Å². The SMILES string of the molecule is Cc1nnc2n1CC(CNCc1cc(Cl)c3c(c1)OCO3)CC2. The molecular weight excluding hydrogens is 316 g/mol. The van der Waals surface area contributed by atoms with Crippen LogP contribution in [-0.2, 0) is 19.5 Å². The van der Waals surface area contributed by atoms with Crippen molar-refractivity contribution in [1.82, 2.24) is 20.1 Å². The normalized spacial score (nSPS) is 19.0. The minimum absolute atomic E-state index is 0.245. The number of nitrogens with zero attached hydrogens (tertiary/aromatic N) is 3. The summed E-state index contributed by atoms with van der Waals surface area (Å²) in [5.41, 5.74) is 1.11. The Labute approximate surface area is 139 Å². The molecule has 1 N–H and O–H groups in total. The summed E-state index contributed by atoms with van der Waals surface area (Å²) in [5.74, 6) is 4.10. The highest BCUT2D eigenvalue weighted by Gasteiger charge is 2.21. The molecule has 2 aliphatic heterocycles. The van der Waals surface area contributed by atoms with E-state index >= 15 is 0 Å². The third kappa shape index (κ3) is 2.88. The first-order chi connectivity index (χ1) is 11.2. The van der Waals surface area contributed by atoms with Crippen LogP contribution >= 0.6 is 11.6 Å². The van der Waals surface area contributed by atoms with Crippen molar-refractivity contribution in [1.29, 1.82) is 0 Å². The fraction of sp³-hybridized carbons (Fsp3) is 0.500. The molecule has 2 aromatic rings. The standard InChI is InChI=1S/C16H19ClN4O2/c1-10-19-20-15-3-2-11(8-21(10)15)6-18-7-12-4-13(17)16-14(5-12)22-9-23-16/h4-5,11,18H,2-3,6-9H2,1H3. The smallest absolute Gasteiger partial charge is 0.231 e. The maximum absolute atomic E-state index is 6.21. The number of aryl methyl sites for hydroxylation is 2. The van der Waals surface area contributed by atoms with Gasteiger partial charge in [0.25, 0.3) is 0 Å². The fourth-order valence-corrected chi connectivity index (χ4v) is 3.53. The molecule has 23 heavy (non-hydrogen) atoms. The number of halogens is 1. The van der Waals surface area contributed by atoms with Crippen molar-refractivity contribution in [3.63, 3.8) is 0 Å². The van der Waals surface area contributed by atoms with Gasteiger partial charge in [0.2, 0.25) is 6.79 Å². The van der Waals surface area contributed by atoms with Crippen molar-refractivity contribution >= 4 is 11.6 Å². The maximum atomic E-state index is 6.21. The topological polar surface area (TPSA) is 61.2 Å². The molecule has 0 aliphatic carbocycles. The summed E-state index contributed by atoms with van der Waals surface area (Å²) in [6.07, 6.45) is 2.15. The van der Waals surface area contributed by atoms with Crippen LogP contribution in [0.25, 0.3) is 0 Å². The summed E-state index contributed by atoms with van der Waals surface area (Å²) in [5, 5.41) is 12.5. The number of aromatic nitrogens is 3. The van der Waals surface area contributed by atoms with Crippen LogP contribution in [0.5, 0.6) is 11.5 Å². The predicted octanol–water partition coefficient (Wildman–Crippen LogP) is 2.32. The van der Waals surface area contributed by atoms with Gasteiger partial charge in [-0.05, 0) is 43.5 Å². The molecule has 122 valence electrons. The zero-order valence-corrected chi connectivity index (χ0v) is 13.8. The Bertz CT molecular complexity index is 731. The van der Waals surface area contributed by atoms with Gasteiger partial charge in [0.05, 0.1) is 5.02 Å². The summed E-state index contributed by atoms with van der Waals surface area (Å²) in [4.78, 5) is 0. The van der Waals surface area contributed by atoms with Gasteiger partial charge in [-0.25, -0.2) is 0 Å². The fourth-order valence-electron chi connectivity index (χ4n) is 3.24. The first-order valence-corrected chi connectivity index (χ1v) is 8.26. The Morgan fingerprint density at radius 3 is 3.17 bits per heavy atom. The van der Waals surface area contributed by atoms with E-state index < -0.39 is 0 Å². The van der Waals surface area contributed by atoms with E-state index in [1.54, 1.807) is 0 Å². The molecule has 1 aromatic carbocycles. The number of ether oxygens (including phenoxy) is 2. The number of hydrogen-bond acceptors (Lipinski definition) is 5. The van der Waals surface area contributed by atoms with Crippen LogP contribution in [0.1, 0.15) is 23.6 Å². The van der Waals surface area contributed by atoms with Crippen molar-refractivity contribution in [2.75, 3.05) is 13.3 Å². The Morgan fingerprint density at radius 2 is 2.26 bits per heavy atom. The van der Waals surface area contributed by atoms with E-state index in [9.17, 15) is 0 Å². The highest BCUT2D eigenvalue weighted by molar-refractivity contribution is 6.32. The molecule has 1 atom stereocenters. The molecule has 0 radical (unpaired) electrons. The third-order valence-electron chi connectivity index (χ3n) is 4.48. The number of fused-ring (bicyclic) bond motifs is 2. The summed E-state index contributed by atoms with van der Waals surface area (Å²) in [6.45, 7) is 4.97. The second-order valence-corrected chi connectivity index (χ2v) is 6.53. The molecular formula is C16H19ClN4O2. The van der Waals surface area contributed by atoms with Crippen molar-refractivity contribution in [2.45, 2.75) is 32.9 Å². The van der Waals surface area contributed by atoms with Gasteiger partial charge in [0.15, 0.2) is 11.5 Å². The zero-order valence-electron chi connectivity index (χ0n) is 13.0. The van der Waals surface area contributed by atoms with E-state index in [1.165, 1.54) is 0 Å². The third-order valence-corrected chi connectivity index (χ3v) is 4.76. The molecule has 0 saturated carbocycles. The average molecular weight is 335 g/mol. The number of hydrogen-bond donors (Lipinski definition) is 1. The van der Waals surface area contributed by atoms with Gasteiger partial charge in [0.1, 0.15) is 11.6 Å². The van der Waals surface area contributed by atoms with Gasteiger partial charge >= 0.3 is 0 Å². The van der Waals surface area contributed by atoms with Gasteiger partial charge in [-0.15, -0.1) is 10.2 Å². The molecule has 1 aromatic heterocycles. The summed E-state index contributed by atoms with van der Waals surface area (Å²) >= 11 is 6.21. The highest BCUT2D eigenvalue weighted by atomic mass is 35.5. The van der Waals surface area contributed by atoms with Crippen molar-refractivity contribution in [2.24, 2.45) is 5.92 Å². The molecule has 7 heteroatoms. The number of rotatable bonds is 4. The zero-order chi connectivity index (χ0) is 15.8. The van der Waals surface area contributed by atoms with Crippen molar-refractivity contribution in [3.8, 4) is 11.5 Å². The lowest BCUT2D eigenvalue weighted by Crippen LogP contribution is -2.30. The molecule has 0 fully saturated rings. The Balaban J connectivity index is 1.34. The molecule has 4 rings (SSSR count). The Hall–Kier alpha value is -1.79. The second-order valence-electron chi connectivity index (χ2n) is 6.12. The molecule has 0 saturated heterocycles. The van der Waals surface area contributed by atoms with Gasteiger partial charge in [-0.3, -0.25) is 0 Å². The van der Waals surface area contributed by atoms with Gasteiger partial charge in [-0.1, -0.05) is 11.6 Å². The monoisotopic (exact) mass is 334 g/mol. The van der Waals surface area contributed by atoms with E-state index in [1.807, 2.05) is 19.1 Å². The molecule has 0 spiro atoms. The van der Waals surface area contributed by atoms with Crippen LogP contribution in [0.15, 0.2) is 12.1 Å². The molecule has 1 unspecified atom stereocenters. The van der Waals surface area contributed by atoms with Crippen molar-refractivity contribution in [3.05, 3.63) is 34.4 Å². The second kappa shape index (κ2) is 6.02. The lowest BCUT2D eigenvalue weighted by molar-refractivity contribution is 0.174. The van der Waals surface area contributed by atoms with Gasteiger partial charge in [0, 0.05) is 19.5 Å². The molecule has 0 bridgehead atoms. The lowest BCUT2D eigenvalue weighted by Gasteiger charge is -2.24. The molecule has 0 amide bonds. The average Bonchev–Trinajstić information content (AvgIpc) is 3.15. The van der Waals surface area contributed by atoms with Crippen LogP contribution in [0.4, 0.5) is 0 Å². The van der Waals surface area contributed by atoms with E-state index in [0.29, 0.717) is 16.7 Å². The van der Waals surface area contributed by atoms with Crippen LogP contribution in [0, 0.1) is 12.8 Å². The van der Waals surface area contributed by atoms with Crippen LogP contribution in [0.2, 0.25) is 5.02 Å². The van der Waals surface area contributed by atoms with Crippen LogP contribution < -0.4 is 14.8 Å². The lowest BCUT2D eigenvalue weighted by atomic mass is 9.99. The number of nitrogens with one attached hydrogen (secondary N) is 1. The summed E-state index contributed by atoms with van der Waals surface area (Å²) < 4.78 is 13.0. The first-order valence-electron chi connectivity index (χ1n) is 7.88. The Morgan fingerprint density at radius 1 is 1.35 bits per heavy atom. The van der Waals surface area contributed by atoms with Gasteiger partial charge in [-0.2, -0.15) is 0 Å². The quantitative estimate of drug-likeness (QED) is 0.929. The maximum Gasteiger partial charge on any atom is 0.231 e. The molecule has 6 nitrogen and oxygen atoms in total. The minimum atomic E-state index is 0.245. The summed E-state index contributed by atoms with van der Waals surface area (Å²) in [7, 11) is 0.